The Morgan fingerprint density at radius 1 is 0.909 bits per heavy atom. The van der Waals surface area contributed by atoms with Gasteiger partial charge in [0.25, 0.3) is 0 Å². The van der Waals surface area contributed by atoms with Crippen molar-refractivity contribution >= 4 is 10.1 Å². The molecule has 1 aromatic carbocycles. The minimum atomic E-state index is -5.70. The van der Waals surface area contributed by atoms with Crippen molar-refractivity contribution in [3.05, 3.63) is 29.3 Å². The van der Waals surface area contributed by atoms with Crippen LogP contribution >= 0.6 is 0 Å². The monoisotopic (exact) mass is 338 g/mol. The average Bonchev–Trinajstić information content (AvgIpc) is 2.23. The van der Waals surface area contributed by atoms with Gasteiger partial charge in [-0.2, -0.15) is 21.6 Å². The van der Waals surface area contributed by atoms with Crippen LogP contribution in [0.15, 0.2) is 18.2 Å². The predicted molar refractivity (Wildman–Crippen MR) is 79.4 cm³/mol. The van der Waals surface area contributed by atoms with Gasteiger partial charge in [-0.15, -0.1) is 0 Å². The topological polar surface area (TPSA) is 43.4 Å². The van der Waals surface area contributed by atoms with E-state index in [1.165, 1.54) is 12.1 Å². The fourth-order valence-corrected chi connectivity index (χ4v) is 2.63. The lowest BCUT2D eigenvalue weighted by molar-refractivity contribution is -0.0500. The fraction of sp³-hybridized carbons (Fsp3) is 0.600. The molecular formula is C15H21F3O3S. The highest BCUT2D eigenvalue weighted by molar-refractivity contribution is 7.88. The Morgan fingerprint density at radius 2 is 1.41 bits per heavy atom. The summed E-state index contributed by atoms with van der Waals surface area (Å²) >= 11 is 0. The number of rotatable bonds is 2. The van der Waals surface area contributed by atoms with Gasteiger partial charge in [0.1, 0.15) is 5.75 Å². The van der Waals surface area contributed by atoms with Crippen molar-refractivity contribution in [3.8, 4) is 5.75 Å². The largest absolute Gasteiger partial charge is 0.534 e. The molecule has 0 aliphatic carbocycles. The summed E-state index contributed by atoms with van der Waals surface area (Å²) in [5.74, 6) is -0.280. The van der Waals surface area contributed by atoms with Crippen molar-refractivity contribution in [1.29, 1.82) is 0 Å². The lowest BCUT2D eigenvalue weighted by Crippen LogP contribution is -2.30. The minimum Gasteiger partial charge on any atom is -0.376 e. The first kappa shape index (κ1) is 18.8. The summed E-state index contributed by atoms with van der Waals surface area (Å²) in [4.78, 5) is 0. The molecule has 0 unspecified atom stereocenters. The second kappa shape index (κ2) is 5.44. The van der Waals surface area contributed by atoms with E-state index in [4.69, 9.17) is 0 Å². The molecule has 0 atom stereocenters. The Kier molecular flexibility index (Phi) is 4.65. The lowest BCUT2D eigenvalue weighted by Gasteiger charge is -2.31. The van der Waals surface area contributed by atoms with E-state index in [2.05, 4.69) is 4.18 Å². The van der Waals surface area contributed by atoms with Crippen LogP contribution in [-0.2, 0) is 20.9 Å². The zero-order valence-electron chi connectivity index (χ0n) is 13.5. The van der Waals surface area contributed by atoms with Gasteiger partial charge < -0.3 is 4.18 Å². The fourth-order valence-electron chi connectivity index (χ4n) is 2.16. The maximum absolute atomic E-state index is 12.6. The first-order chi connectivity index (χ1) is 9.57. The first-order valence-corrected chi connectivity index (χ1v) is 8.13. The van der Waals surface area contributed by atoms with Crippen LogP contribution in [0.2, 0.25) is 0 Å². The van der Waals surface area contributed by atoms with Crippen LogP contribution in [0.3, 0.4) is 0 Å². The van der Waals surface area contributed by atoms with Crippen LogP contribution in [0.1, 0.15) is 52.7 Å². The molecule has 0 spiro atoms. The number of benzene rings is 1. The summed E-state index contributed by atoms with van der Waals surface area (Å²) in [6, 6.07) is 4.52. The third-order valence-corrected chi connectivity index (χ3v) is 4.03. The highest BCUT2D eigenvalue weighted by Crippen LogP contribution is 2.41. The molecule has 0 fully saturated rings. The van der Waals surface area contributed by atoms with Crippen LogP contribution in [-0.4, -0.2) is 13.9 Å². The molecule has 0 bridgehead atoms. The van der Waals surface area contributed by atoms with E-state index in [1.807, 2.05) is 20.8 Å². The van der Waals surface area contributed by atoms with Gasteiger partial charge in [-0.3, -0.25) is 0 Å². The van der Waals surface area contributed by atoms with Gasteiger partial charge in [-0.05, 0) is 22.5 Å². The number of hydrogen-bond acceptors (Lipinski definition) is 3. The molecule has 1 aromatic rings. The Hall–Kier alpha value is -1.24. The van der Waals surface area contributed by atoms with E-state index in [1.54, 1.807) is 26.8 Å². The van der Waals surface area contributed by atoms with E-state index in [0.717, 1.165) is 5.56 Å². The van der Waals surface area contributed by atoms with E-state index < -0.39 is 21.0 Å². The van der Waals surface area contributed by atoms with Crippen molar-refractivity contribution in [1.82, 2.24) is 0 Å². The summed E-state index contributed by atoms with van der Waals surface area (Å²) in [6.45, 7) is 11.1. The standard InChI is InChI=1S/C15H21F3O3S/c1-13(2,3)10-8-7-9-11(12(10)14(4,5)6)21-22(19,20)15(16,17)18/h7-9H,1-6H3. The van der Waals surface area contributed by atoms with Crippen LogP contribution in [0, 0.1) is 0 Å². The van der Waals surface area contributed by atoms with Gasteiger partial charge >= 0.3 is 15.6 Å². The Labute approximate surface area is 129 Å². The number of alkyl halides is 3. The quantitative estimate of drug-likeness (QED) is 0.588. The third-order valence-electron chi connectivity index (χ3n) is 3.07. The molecule has 0 saturated heterocycles. The molecule has 22 heavy (non-hydrogen) atoms. The maximum Gasteiger partial charge on any atom is 0.534 e. The van der Waals surface area contributed by atoms with Gasteiger partial charge in [-0.25, -0.2) is 0 Å². The highest BCUT2D eigenvalue weighted by Gasteiger charge is 2.49. The van der Waals surface area contributed by atoms with Crippen molar-refractivity contribution in [2.45, 2.75) is 57.9 Å². The molecule has 0 aliphatic heterocycles. The minimum absolute atomic E-state index is 0.280. The second-order valence-electron chi connectivity index (χ2n) is 7.16. The molecule has 126 valence electrons. The van der Waals surface area contributed by atoms with Crippen LogP contribution < -0.4 is 4.18 Å². The van der Waals surface area contributed by atoms with E-state index >= 15 is 0 Å². The van der Waals surface area contributed by atoms with Crippen molar-refractivity contribution in [2.75, 3.05) is 0 Å². The molecule has 0 radical (unpaired) electrons. The number of halogens is 3. The summed E-state index contributed by atoms with van der Waals surface area (Å²) in [6.07, 6.45) is 0. The molecule has 3 nitrogen and oxygen atoms in total. The number of hydrogen-bond donors (Lipinski definition) is 0. The normalized spacial score (nSPS) is 14.0. The second-order valence-corrected chi connectivity index (χ2v) is 8.70. The van der Waals surface area contributed by atoms with Gasteiger partial charge in [0.05, 0.1) is 0 Å². The molecule has 1 rings (SSSR count). The molecule has 0 heterocycles. The van der Waals surface area contributed by atoms with E-state index in [0.29, 0.717) is 5.56 Å². The maximum atomic E-state index is 12.6. The molecule has 7 heteroatoms. The van der Waals surface area contributed by atoms with E-state index in [-0.39, 0.29) is 11.2 Å². The molecular weight excluding hydrogens is 317 g/mol. The van der Waals surface area contributed by atoms with Gasteiger partial charge in [0.2, 0.25) is 0 Å². The average molecular weight is 338 g/mol. The van der Waals surface area contributed by atoms with Gasteiger partial charge in [0, 0.05) is 5.56 Å². The van der Waals surface area contributed by atoms with Crippen LogP contribution in [0.4, 0.5) is 13.2 Å². The zero-order chi connectivity index (χ0) is 17.6. The first-order valence-electron chi connectivity index (χ1n) is 6.72. The molecule has 0 aromatic heterocycles. The van der Waals surface area contributed by atoms with Crippen molar-refractivity contribution < 1.29 is 25.8 Å². The van der Waals surface area contributed by atoms with E-state index in [9.17, 15) is 21.6 Å². The molecule has 0 amide bonds. The van der Waals surface area contributed by atoms with Crippen LogP contribution in [0.5, 0.6) is 5.75 Å². The Balaban J connectivity index is 3.58. The SMILES string of the molecule is CC(C)(C)c1cccc(OS(=O)(=O)C(F)(F)F)c1C(C)(C)C. The van der Waals surface area contributed by atoms with Crippen molar-refractivity contribution in [3.63, 3.8) is 0 Å². The summed E-state index contributed by atoms with van der Waals surface area (Å²) in [5, 5.41) is 0. The smallest absolute Gasteiger partial charge is 0.376 e. The predicted octanol–water partition coefficient (Wildman–Crippen LogP) is 4.51. The van der Waals surface area contributed by atoms with Gasteiger partial charge in [-0.1, -0.05) is 53.7 Å². The Bertz CT molecular complexity index is 648. The molecule has 0 aliphatic rings. The molecule has 0 N–H and O–H groups in total. The molecule has 0 saturated carbocycles. The lowest BCUT2D eigenvalue weighted by atomic mass is 9.75. The summed E-state index contributed by atoms with van der Waals surface area (Å²) < 4.78 is 64.7. The Morgan fingerprint density at radius 3 is 1.77 bits per heavy atom. The third kappa shape index (κ3) is 3.94. The van der Waals surface area contributed by atoms with Crippen molar-refractivity contribution in [2.24, 2.45) is 0 Å². The van der Waals surface area contributed by atoms with Crippen LogP contribution in [0.25, 0.3) is 0 Å². The summed E-state index contributed by atoms with van der Waals surface area (Å²) in [5.41, 5.74) is -5.21. The highest BCUT2D eigenvalue weighted by atomic mass is 32.2. The van der Waals surface area contributed by atoms with Gasteiger partial charge in [0.15, 0.2) is 0 Å². The summed E-state index contributed by atoms with van der Waals surface area (Å²) in [7, 11) is -5.70. The zero-order valence-corrected chi connectivity index (χ0v) is 14.3.